The first kappa shape index (κ1) is 18.3. The van der Waals surface area contributed by atoms with Crippen LogP contribution in [0.2, 0.25) is 5.02 Å². The molecule has 0 bridgehead atoms. The van der Waals surface area contributed by atoms with Crippen LogP contribution in [0.3, 0.4) is 0 Å². The van der Waals surface area contributed by atoms with Crippen LogP contribution < -0.4 is 10.1 Å². The van der Waals surface area contributed by atoms with Crippen LogP contribution in [0.5, 0.6) is 5.75 Å². The maximum atomic E-state index is 12.0. The fraction of sp³-hybridized carbons (Fsp3) is 0.100. The maximum absolute atomic E-state index is 12.0. The molecule has 0 aliphatic rings. The number of nitrogens with one attached hydrogen (secondary N) is 1. The SMILES string of the molecule is O=C(COc1ccc(Cl)cc1)Nc1ccc(SCc2cccnc2)cc1. The Hall–Kier alpha value is -2.50. The van der Waals surface area contributed by atoms with E-state index in [2.05, 4.69) is 16.4 Å². The standard InChI is InChI=1S/C20H17ClN2O2S/c21-16-3-7-18(8-4-16)25-13-20(24)23-17-5-9-19(10-6-17)26-14-15-2-1-11-22-12-15/h1-12H,13-14H2,(H,23,24). The molecule has 0 unspecified atom stereocenters. The summed E-state index contributed by atoms with van der Waals surface area (Å²) in [6, 6.07) is 18.6. The van der Waals surface area contributed by atoms with Crippen LogP contribution in [0, 0.1) is 0 Å². The summed E-state index contributed by atoms with van der Waals surface area (Å²) in [5.74, 6) is 1.25. The van der Waals surface area contributed by atoms with E-state index < -0.39 is 0 Å². The van der Waals surface area contributed by atoms with Gasteiger partial charge in [0.2, 0.25) is 0 Å². The molecule has 0 saturated heterocycles. The largest absolute Gasteiger partial charge is 0.484 e. The van der Waals surface area contributed by atoms with Crippen molar-refractivity contribution in [1.29, 1.82) is 0 Å². The highest BCUT2D eigenvalue weighted by Crippen LogP contribution is 2.24. The van der Waals surface area contributed by atoms with Crippen molar-refractivity contribution in [2.75, 3.05) is 11.9 Å². The first-order valence-electron chi connectivity index (χ1n) is 7.99. The molecule has 0 radical (unpaired) electrons. The first-order chi connectivity index (χ1) is 12.7. The third-order valence-corrected chi connectivity index (χ3v) is 4.79. The highest BCUT2D eigenvalue weighted by molar-refractivity contribution is 7.98. The summed E-state index contributed by atoms with van der Waals surface area (Å²) in [4.78, 5) is 17.2. The maximum Gasteiger partial charge on any atom is 0.262 e. The minimum Gasteiger partial charge on any atom is -0.484 e. The second-order valence-corrected chi connectivity index (χ2v) is 6.95. The molecule has 0 atom stereocenters. The number of halogens is 1. The first-order valence-corrected chi connectivity index (χ1v) is 9.35. The van der Waals surface area contributed by atoms with Crippen molar-refractivity contribution in [3.05, 3.63) is 83.6 Å². The Balaban J connectivity index is 1.45. The number of thioether (sulfide) groups is 1. The van der Waals surface area contributed by atoms with E-state index in [1.54, 1.807) is 42.2 Å². The summed E-state index contributed by atoms with van der Waals surface area (Å²) in [5.41, 5.74) is 1.91. The van der Waals surface area contributed by atoms with Gasteiger partial charge in [0.15, 0.2) is 6.61 Å². The number of pyridine rings is 1. The molecule has 3 rings (SSSR count). The van der Waals surface area contributed by atoms with E-state index in [0.29, 0.717) is 10.8 Å². The molecule has 1 amide bonds. The number of ether oxygens (including phenoxy) is 1. The molecule has 26 heavy (non-hydrogen) atoms. The van der Waals surface area contributed by atoms with Crippen molar-refractivity contribution in [3.63, 3.8) is 0 Å². The predicted molar refractivity (Wildman–Crippen MR) is 106 cm³/mol. The summed E-state index contributed by atoms with van der Waals surface area (Å²) in [6.45, 7) is -0.0564. The Kier molecular flexibility index (Phi) is 6.52. The van der Waals surface area contributed by atoms with Gasteiger partial charge in [0.1, 0.15) is 5.75 Å². The zero-order valence-electron chi connectivity index (χ0n) is 13.9. The van der Waals surface area contributed by atoms with Crippen LogP contribution in [0.1, 0.15) is 5.56 Å². The molecule has 132 valence electrons. The van der Waals surface area contributed by atoms with Gasteiger partial charge in [0, 0.05) is 33.8 Å². The lowest BCUT2D eigenvalue weighted by molar-refractivity contribution is -0.118. The van der Waals surface area contributed by atoms with Gasteiger partial charge in [0.05, 0.1) is 0 Å². The van der Waals surface area contributed by atoms with Gasteiger partial charge >= 0.3 is 0 Å². The second-order valence-electron chi connectivity index (χ2n) is 5.47. The van der Waals surface area contributed by atoms with E-state index in [1.165, 1.54) is 5.56 Å². The quantitative estimate of drug-likeness (QED) is 0.579. The molecular formula is C20H17ClN2O2S. The molecule has 1 N–H and O–H groups in total. The monoisotopic (exact) mass is 384 g/mol. The van der Waals surface area contributed by atoms with E-state index in [-0.39, 0.29) is 12.5 Å². The minimum absolute atomic E-state index is 0.0564. The van der Waals surface area contributed by atoms with Gasteiger partial charge < -0.3 is 10.1 Å². The van der Waals surface area contributed by atoms with Crippen LogP contribution in [0.4, 0.5) is 5.69 Å². The topological polar surface area (TPSA) is 51.2 Å². The smallest absolute Gasteiger partial charge is 0.262 e. The number of anilines is 1. The van der Waals surface area contributed by atoms with Gasteiger partial charge in [-0.15, -0.1) is 11.8 Å². The highest BCUT2D eigenvalue weighted by Gasteiger charge is 2.04. The molecule has 0 aliphatic heterocycles. The molecule has 3 aromatic rings. The average Bonchev–Trinajstić information content (AvgIpc) is 2.68. The molecule has 0 spiro atoms. The van der Waals surface area contributed by atoms with E-state index in [1.807, 2.05) is 36.5 Å². The van der Waals surface area contributed by atoms with Crippen molar-refractivity contribution in [2.24, 2.45) is 0 Å². The third-order valence-electron chi connectivity index (χ3n) is 3.45. The lowest BCUT2D eigenvalue weighted by Gasteiger charge is -2.08. The van der Waals surface area contributed by atoms with Gasteiger partial charge in [-0.2, -0.15) is 0 Å². The number of rotatable bonds is 7. The van der Waals surface area contributed by atoms with Crippen LogP contribution in [0.25, 0.3) is 0 Å². The van der Waals surface area contributed by atoms with Crippen molar-refractivity contribution < 1.29 is 9.53 Å². The summed E-state index contributed by atoms with van der Waals surface area (Å²) < 4.78 is 5.43. The van der Waals surface area contributed by atoms with E-state index >= 15 is 0 Å². The van der Waals surface area contributed by atoms with E-state index in [9.17, 15) is 4.79 Å². The lowest BCUT2D eigenvalue weighted by Crippen LogP contribution is -2.20. The average molecular weight is 385 g/mol. The second kappa shape index (κ2) is 9.27. The third kappa shape index (κ3) is 5.79. The number of benzene rings is 2. The van der Waals surface area contributed by atoms with Crippen LogP contribution >= 0.6 is 23.4 Å². The molecule has 2 aromatic carbocycles. The van der Waals surface area contributed by atoms with Gasteiger partial charge in [-0.05, 0) is 60.2 Å². The number of nitrogens with zero attached hydrogens (tertiary/aromatic N) is 1. The molecule has 0 aliphatic carbocycles. The lowest BCUT2D eigenvalue weighted by atomic mass is 10.3. The molecule has 1 aromatic heterocycles. The van der Waals surface area contributed by atoms with Crippen LogP contribution in [-0.4, -0.2) is 17.5 Å². The van der Waals surface area contributed by atoms with Gasteiger partial charge in [-0.1, -0.05) is 17.7 Å². The summed E-state index contributed by atoms with van der Waals surface area (Å²) >= 11 is 7.53. The molecule has 0 saturated carbocycles. The predicted octanol–water partition coefficient (Wildman–Crippen LogP) is 5.04. The molecule has 6 heteroatoms. The number of aromatic nitrogens is 1. The van der Waals surface area contributed by atoms with Crippen molar-refractivity contribution in [3.8, 4) is 5.75 Å². The Morgan fingerprint density at radius 2 is 1.85 bits per heavy atom. The minimum atomic E-state index is -0.212. The van der Waals surface area contributed by atoms with Gasteiger partial charge in [-0.25, -0.2) is 0 Å². The number of carbonyl (C=O) groups excluding carboxylic acids is 1. The van der Waals surface area contributed by atoms with E-state index in [0.717, 1.165) is 16.3 Å². The van der Waals surface area contributed by atoms with Gasteiger partial charge in [-0.3, -0.25) is 9.78 Å². The Morgan fingerprint density at radius 1 is 1.08 bits per heavy atom. The number of hydrogen-bond acceptors (Lipinski definition) is 4. The van der Waals surface area contributed by atoms with E-state index in [4.69, 9.17) is 16.3 Å². The highest BCUT2D eigenvalue weighted by atomic mass is 35.5. The normalized spacial score (nSPS) is 10.3. The van der Waals surface area contributed by atoms with Crippen LogP contribution in [-0.2, 0) is 10.5 Å². The number of hydrogen-bond donors (Lipinski definition) is 1. The molecule has 0 fully saturated rings. The number of carbonyl (C=O) groups is 1. The van der Waals surface area contributed by atoms with Crippen molar-refractivity contribution >= 4 is 35.0 Å². The fourth-order valence-electron chi connectivity index (χ4n) is 2.16. The Labute approximate surface area is 161 Å². The fourth-order valence-corrected chi connectivity index (χ4v) is 3.12. The zero-order valence-corrected chi connectivity index (χ0v) is 15.5. The summed E-state index contributed by atoms with van der Waals surface area (Å²) in [6.07, 6.45) is 3.63. The Bertz CT molecular complexity index is 840. The van der Waals surface area contributed by atoms with Crippen LogP contribution in [0.15, 0.2) is 78.0 Å². The number of amides is 1. The Morgan fingerprint density at radius 3 is 2.54 bits per heavy atom. The summed E-state index contributed by atoms with van der Waals surface area (Å²) in [7, 11) is 0. The molecule has 4 nitrogen and oxygen atoms in total. The van der Waals surface area contributed by atoms with Crippen molar-refractivity contribution in [2.45, 2.75) is 10.6 Å². The zero-order chi connectivity index (χ0) is 18.2. The molecular weight excluding hydrogens is 368 g/mol. The molecule has 1 heterocycles. The van der Waals surface area contributed by atoms with Gasteiger partial charge in [0.25, 0.3) is 5.91 Å². The summed E-state index contributed by atoms with van der Waals surface area (Å²) in [5, 5.41) is 3.44. The van der Waals surface area contributed by atoms with Crippen molar-refractivity contribution in [1.82, 2.24) is 4.98 Å².